The molecule has 1 N–H and O–H groups in total. The number of carbonyl (C=O) groups is 1. The molecule has 4 nitrogen and oxygen atoms in total. The highest BCUT2D eigenvalue weighted by Gasteiger charge is 2.18. The Balaban J connectivity index is 1.70. The predicted octanol–water partition coefficient (Wildman–Crippen LogP) is 4.84. The highest BCUT2D eigenvalue weighted by molar-refractivity contribution is 7.09. The van der Waals surface area contributed by atoms with Gasteiger partial charge in [0.2, 0.25) is 0 Å². The van der Waals surface area contributed by atoms with E-state index in [1.807, 2.05) is 79.0 Å². The van der Waals surface area contributed by atoms with Gasteiger partial charge in [-0.15, -0.1) is 11.3 Å². The van der Waals surface area contributed by atoms with Gasteiger partial charge >= 0.3 is 0 Å². The van der Waals surface area contributed by atoms with Crippen LogP contribution >= 0.6 is 11.3 Å². The first kappa shape index (κ1) is 17.2. The van der Waals surface area contributed by atoms with Crippen LogP contribution in [0.3, 0.4) is 0 Å². The van der Waals surface area contributed by atoms with Gasteiger partial charge in [0.05, 0.1) is 17.8 Å². The summed E-state index contributed by atoms with van der Waals surface area (Å²) >= 11 is 1.63. The highest BCUT2D eigenvalue weighted by Crippen LogP contribution is 2.24. The average Bonchev–Trinajstić information content (AvgIpc) is 3.37. The van der Waals surface area contributed by atoms with Crippen LogP contribution in [0.5, 0.6) is 0 Å². The molecule has 2 heterocycles. The maximum Gasteiger partial charge on any atom is 0.255 e. The zero-order valence-electron chi connectivity index (χ0n) is 14.9. The zero-order chi connectivity index (χ0) is 18.6. The van der Waals surface area contributed by atoms with Crippen molar-refractivity contribution >= 4 is 17.2 Å². The standard InChI is InChI=1S/C22H19N3OS/c1-16-9-11-17(12-10-16)21-20(22(26)23-14-19-8-5-13-27-19)15-25(24-21)18-6-3-2-4-7-18/h2-13,15H,14H2,1H3,(H,23,26). The molecule has 27 heavy (non-hydrogen) atoms. The van der Waals surface area contributed by atoms with Gasteiger partial charge in [0.25, 0.3) is 5.91 Å². The van der Waals surface area contributed by atoms with Crippen LogP contribution in [0.25, 0.3) is 16.9 Å². The molecule has 0 bridgehead atoms. The Bertz CT molecular complexity index is 1040. The molecule has 0 unspecified atom stereocenters. The van der Waals surface area contributed by atoms with E-state index < -0.39 is 0 Å². The number of amides is 1. The number of para-hydroxylation sites is 1. The quantitative estimate of drug-likeness (QED) is 0.544. The number of aromatic nitrogens is 2. The van der Waals surface area contributed by atoms with Gasteiger partial charge in [-0.2, -0.15) is 5.10 Å². The first-order valence-corrected chi connectivity index (χ1v) is 9.61. The second kappa shape index (κ2) is 7.60. The lowest BCUT2D eigenvalue weighted by molar-refractivity contribution is 0.0952. The third kappa shape index (κ3) is 3.83. The smallest absolute Gasteiger partial charge is 0.255 e. The largest absolute Gasteiger partial charge is 0.347 e. The van der Waals surface area contributed by atoms with E-state index in [1.165, 1.54) is 5.56 Å². The van der Waals surface area contributed by atoms with Crippen molar-refractivity contribution in [2.75, 3.05) is 0 Å². The molecule has 0 saturated carbocycles. The number of nitrogens with zero attached hydrogens (tertiary/aromatic N) is 2. The van der Waals surface area contributed by atoms with Gasteiger partial charge < -0.3 is 5.32 Å². The summed E-state index contributed by atoms with van der Waals surface area (Å²) in [4.78, 5) is 14.0. The van der Waals surface area contributed by atoms with Crippen molar-refractivity contribution < 1.29 is 4.79 Å². The fraction of sp³-hybridized carbons (Fsp3) is 0.0909. The second-order valence-corrected chi connectivity index (χ2v) is 7.33. The van der Waals surface area contributed by atoms with Crippen LogP contribution in [-0.4, -0.2) is 15.7 Å². The molecule has 0 atom stereocenters. The van der Waals surface area contributed by atoms with Crippen LogP contribution in [0.15, 0.2) is 78.3 Å². The van der Waals surface area contributed by atoms with Gasteiger partial charge in [-0.1, -0.05) is 54.1 Å². The molecule has 4 aromatic rings. The van der Waals surface area contributed by atoms with E-state index in [2.05, 4.69) is 5.32 Å². The summed E-state index contributed by atoms with van der Waals surface area (Å²) in [7, 11) is 0. The lowest BCUT2D eigenvalue weighted by atomic mass is 10.1. The molecular formula is C22H19N3OS. The number of hydrogen-bond donors (Lipinski definition) is 1. The third-order valence-electron chi connectivity index (χ3n) is 4.31. The van der Waals surface area contributed by atoms with E-state index in [-0.39, 0.29) is 5.91 Å². The molecule has 0 aliphatic heterocycles. The topological polar surface area (TPSA) is 46.9 Å². The van der Waals surface area contributed by atoms with Crippen LogP contribution in [0.1, 0.15) is 20.8 Å². The van der Waals surface area contributed by atoms with Gasteiger partial charge in [-0.3, -0.25) is 4.79 Å². The van der Waals surface area contributed by atoms with Crippen LogP contribution in [0.2, 0.25) is 0 Å². The molecule has 0 radical (unpaired) electrons. The number of benzene rings is 2. The first-order valence-electron chi connectivity index (χ1n) is 8.73. The number of nitrogens with one attached hydrogen (secondary N) is 1. The Labute approximate surface area is 162 Å². The van der Waals surface area contributed by atoms with E-state index in [9.17, 15) is 4.79 Å². The number of hydrogen-bond acceptors (Lipinski definition) is 3. The lowest BCUT2D eigenvalue weighted by Gasteiger charge is -2.04. The van der Waals surface area contributed by atoms with Crippen molar-refractivity contribution in [3.63, 3.8) is 0 Å². The maximum absolute atomic E-state index is 12.9. The molecule has 0 saturated heterocycles. The summed E-state index contributed by atoms with van der Waals surface area (Å²) in [5, 5.41) is 9.72. The average molecular weight is 373 g/mol. The van der Waals surface area contributed by atoms with Crippen LogP contribution in [-0.2, 0) is 6.54 Å². The molecule has 0 aliphatic rings. The minimum atomic E-state index is -0.124. The minimum Gasteiger partial charge on any atom is -0.347 e. The summed E-state index contributed by atoms with van der Waals surface area (Å²) in [6.07, 6.45) is 1.80. The summed E-state index contributed by atoms with van der Waals surface area (Å²) in [6, 6.07) is 21.9. The Morgan fingerprint density at radius 2 is 1.81 bits per heavy atom. The predicted molar refractivity (Wildman–Crippen MR) is 109 cm³/mol. The van der Waals surface area contributed by atoms with Crippen molar-refractivity contribution in [2.24, 2.45) is 0 Å². The van der Waals surface area contributed by atoms with Crippen LogP contribution in [0, 0.1) is 6.92 Å². The number of carbonyl (C=O) groups excluding carboxylic acids is 1. The van der Waals surface area contributed by atoms with Crippen LogP contribution in [0.4, 0.5) is 0 Å². The normalized spacial score (nSPS) is 10.7. The third-order valence-corrected chi connectivity index (χ3v) is 5.18. The van der Waals surface area contributed by atoms with Gasteiger partial charge in [0.15, 0.2) is 0 Å². The summed E-state index contributed by atoms with van der Waals surface area (Å²) in [6.45, 7) is 2.56. The fourth-order valence-electron chi connectivity index (χ4n) is 2.85. The molecule has 2 aromatic carbocycles. The van der Waals surface area contributed by atoms with Crippen molar-refractivity contribution in [1.82, 2.24) is 15.1 Å². The van der Waals surface area contributed by atoms with Crippen LogP contribution < -0.4 is 5.32 Å². The summed E-state index contributed by atoms with van der Waals surface area (Å²) < 4.78 is 1.76. The van der Waals surface area contributed by atoms with E-state index in [0.29, 0.717) is 17.8 Å². The molecule has 1 amide bonds. The van der Waals surface area contributed by atoms with Crippen molar-refractivity contribution in [3.05, 3.63) is 94.3 Å². The number of aryl methyl sites for hydroxylation is 1. The number of rotatable bonds is 5. The minimum absolute atomic E-state index is 0.124. The SMILES string of the molecule is Cc1ccc(-c2nn(-c3ccccc3)cc2C(=O)NCc2cccs2)cc1. The molecule has 0 aliphatic carbocycles. The van der Waals surface area contributed by atoms with Gasteiger partial charge in [0, 0.05) is 16.6 Å². The molecule has 0 spiro atoms. The summed E-state index contributed by atoms with van der Waals surface area (Å²) in [5.74, 6) is -0.124. The summed E-state index contributed by atoms with van der Waals surface area (Å²) in [5.41, 5.74) is 4.27. The fourth-order valence-corrected chi connectivity index (χ4v) is 3.50. The number of thiophene rings is 1. The molecule has 134 valence electrons. The van der Waals surface area contributed by atoms with E-state index in [0.717, 1.165) is 16.1 Å². The van der Waals surface area contributed by atoms with E-state index >= 15 is 0 Å². The molecular weight excluding hydrogens is 354 g/mol. The lowest BCUT2D eigenvalue weighted by Crippen LogP contribution is -2.22. The van der Waals surface area contributed by atoms with Crippen molar-refractivity contribution in [1.29, 1.82) is 0 Å². The Morgan fingerprint density at radius 1 is 1.04 bits per heavy atom. The Kier molecular flexibility index (Phi) is 4.85. The van der Waals surface area contributed by atoms with Crippen molar-refractivity contribution in [3.8, 4) is 16.9 Å². The Morgan fingerprint density at radius 3 is 2.52 bits per heavy atom. The first-order chi connectivity index (χ1) is 13.2. The highest BCUT2D eigenvalue weighted by atomic mass is 32.1. The molecule has 0 fully saturated rings. The second-order valence-electron chi connectivity index (χ2n) is 6.30. The molecule has 4 rings (SSSR count). The monoisotopic (exact) mass is 373 g/mol. The van der Waals surface area contributed by atoms with E-state index in [4.69, 9.17) is 5.10 Å². The molecule has 5 heteroatoms. The zero-order valence-corrected chi connectivity index (χ0v) is 15.7. The molecule has 2 aromatic heterocycles. The Hall–Kier alpha value is -3.18. The van der Waals surface area contributed by atoms with E-state index in [1.54, 1.807) is 22.2 Å². The van der Waals surface area contributed by atoms with Gasteiger partial charge in [-0.25, -0.2) is 4.68 Å². The van der Waals surface area contributed by atoms with Gasteiger partial charge in [0.1, 0.15) is 5.69 Å². The van der Waals surface area contributed by atoms with Crippen molar-refractivity contribution in [2.45, 2.75) is 13.5 Å². The maximum atomic E-state index is 12.9. The van der Waals surface area contributed by atoms with Gasteiger partial charge in [-0.05, 0) is 30.5 Å².